The third-order valence-electron chi connectivity index (χ3n) is 6.08. The lowest BCUT2D eigenvalue weighted by molar-refractivity contribution is 0.0399. The molecule has 0 aromatic heterocycles. The molecule has 0 heterocycles. The summed E-state index contributed by atoms with van der Waals surface area (Å²) >= 11 is 0. The molecular formula is C32H49N3O8. The van der Waals surface area contributed by atoms with Gasteiger partial charge in [0.2, 0.25) is 0 Å². The summed E-state index contributed by atoms with van der Waals surface area (Å²) in [5.74, 6) is 0.593. The number of ether oxygens (including phenoxy) is 3. The lowest BCUT2D eigenvalue weighted by atomic mass is 10.00. The molecule has 0 saturated heterocycles. The topological polar surface area (TPSA) is 159 Å². The van der Waals surface area contributed by atoms with Gasteiger partial charge in [0, 0.05) is 13.1 Å². The zero-order valence-electron chi connectivity index (χ0n) is 26.1. The zero-order valence-corrected chi connectivity index (χ0v) is 26.1. The SMILES string of the molecule is CC(C)(C)OC(=O)N[C@@H](Cc1ccccc1)[C@H](O)CNC[C@@H](O)[C@H](Cc1ccc(OCCO)cc1)NC(=O)OC(C)(C)C. The first kappa shape index (κ1) is 35.8. The second-order valence-electron chi connectivity index (χ2n) is 12.4. The zero-order chi connectivity index (χ0) is 32.0. The van der Waals surface area contributed by atoms with Crippen molar-refractivity contribution in [2.24, 2.45) is 0 Å². The Bertz CT molecular complexity index is 1100. The average Bonchev–Trinajstić information content (AvgIpc) is 2.90. The van der Waals surface area contributed by atoms with Gasteiger partial charge in [0.1, 0.15) is 23.6 Å². The molecule has 240 valence electrons. The van der Waals surface area contributed by atoms with Crippen LogP contribution in [-0.4, -0.2) is 89.3 Å². The highest BCUT2D eigenvalue weighted by Gasteiger charge is 2.27. The number of carbonyl (C=O) groups excluding carboxylic acids is 2. The maximum atomic E-state index is 12.6. The van der Waals surface area contributed by atoms with E-state index in [0.717, 1.165) is 11.1 Å². The summed E-state index contributed by atoms with van der Waals surface area (Å²) in [6.07, 6.45) is -2.69. The van der Waals surface area contributed by atoms with Crippen molar-refractivity contribution >= 4 is 12.2 Å². The van der Waals surface area contributed by atoms with Crippen molar-refractivity contribution in [1.82, 2.24) is 16.0 Å². The van der Waals surface area contributed by atoms with Gasteiger partial charge in [0.15, 0.2) is 0 Å². The minimum atomic E-state index is -1.04. The molecule has 4 atom stereocenters. The number of carbonyl (C=O) groups is 2. The summed E-state index contributed by atoms with van der Waals surface area (Å²) in [5, 5.41) is 39.7. The fraction of sp³-hybridized carbons (Fsp3) is 0.562. The molecule has 11 heteroatoms. The van der Waals surface area contributed by atoms with Crippen LogP contribution in [0.15, 0.2) is 54.6 Å². The van der Waals surface area contributed by atoms with Crippen LogP contribution in [0, 0.1) is 0 Å². The summed E-state index contributed by atoms with van der Waals surface area (Å²) in [7, 11) is 0. The van der Waals surface area contributed by atoms with Crippen molar-refractivity contribution in [1.29, 1.82) is 0 Å². The normalized spacial score (nSPS) is 14.6. The Morgan fingerprint density at radius 3 is 1.58 bits per heavy atom. The van der Waals surface area contributed by atoms with E-state index in [9.17, 15) is 19.8 Å². The van der Waals surface area contributed by atoms with Gasteiger partial charge in [-0.05, 0) is 77.6 Å². The molecule has 11 nitrogen and oxygen atoms in total. The highest BCUT2D eigenvalue weighted by Crippen LogP contribution is 2.16. The molecule has 0 spiro atoms. The Kier molecular flexibility index (Phi) is 14.2. The van der Waals surface area contributed by atoms with Gasteiger partial charge in [0.05, 0.1) is 30.9 Å². The molecule has 2 amide bonds. The van der Waals surface area contributed by atoms with Crippen molar-refractivity contribution in [3.8, 4) is 5.75 Å². The molecule has 2 rings (SSSR count). The van der Waals surface area contributed by atoms with Crippen LogP contribution in [0.25, 0.3) is 0 Å². The van der Waals surface area contributed by atoms with Gasteiger partial charge in [-0.1, -0.05) is 42.5 Å². The minimum Gasteiger partial charge on any atom is -0.491 e. The maximum Gasteiger partial charge on any atom is 0.407 e. The van der Waals surface area contributed by atoms with Gasteiger partial charge in [-0.15, -0.1) is 0 Å². The molecule has 2 aromatic carbocycles. The molecule has 0 unspecified atom stereocenters. The molecule has 0 bridgehead atoms. The van der Waals surface area contributed by atoms with Crippen LogP contribution >= 0.6 is 0 Å². The van der Waals surface area contributed by atoms with Gasteiger partial charge in [-0.3, -0.25) is 0 Å². The first-order chi connectivity index (χ1) is 20.1. The van der Waals surface area contributed by atoms with Crippen LogP contribution in [0.4, 0.5) is 9.59 Å². The molecule has 0 radical (unpaired) electrons. The summed E-state index contributed by atoms with van der Waals surface area (Å²) in [6.45, 7) is 10.7. The van der Waals surface area contributed by atoms with E-state index in [-0.39, 0.29) is 26.3 Å². The number of hydrogen-bond acceptors (Lipinski definition) is 9. The monoisotopic (exact) mass is 603 g/mol. The van der Waals surface area contributed by atoms with Crippen LogP contribution in [0.1, 0.15) is 52.7 Å². The second kappa shape index (κ2) is 17.0. The predicted molar refractivity (Wildman–Crippen MR) is 164 cm³/mol. The van der Waals surface area contributed by atoms with E-state index in [0.29, 0.717) is 18.6 Å². The van der Waals surface area contributed by atoms with E-state index in [1.54, 1.807) is 53.7 Å². The van der Waals surface area contributed by atoms with Gasteiger partial charge >= 0.3 is 12.2 Å². The fourth-order valence-corrected chi connectivity index (χ4v) is 4.16. The molecule has 0 fully saturated rings. The third kappa shape index (κ3) is 15.1. The van der Waals surface area contributed by atoms with E-state index in [1.165, 1.54) is 0 Å². The summed E-state index contributed by atoms with van der Waals surface area (Å²) in [5.41, 5.74) is 0.346. The number of benzene rings is 2. The lowest BCUT2D eigenvalue weighted by Crippen LogP contribution is -2.53. The number of alkyl carbamates (subject to hydrolysis) is 2. The standard InChI is InChI=1S/C32H49N3O8/c1-31(2,3)42-29(39)34-25(18-22-10-8-7-9-11-22)27(37)20-33-21-28(38)26(35-30(40)43-32(4,5)6)19-23-12-14-24(15-13-23)41-17-16-36/h7-15,25-28,33,36-38H,16-21H2,1-6H3,(H,34,39)(H,35,40)/t25-,26-,27+,28+/m0/s1. The second-order valence-corrected chi connectivity index (χ2v) is 12.4. The van der Waals surface area contributed by atoms with E-state index in [2.05, 4.69) is 16.0 Å². The fourth-order valence-electron chi connectivity index (χ4n) is 4.16. The van der Waals surface area contributed by atoms with E-state index >= 15 is 0 Å². The lowest BCUT2D eigenvalue weighted by Gasteiger charge is -2.29. The number of aliphatic hydroxyl groups is 3. The number of aliphatic hydroxyl groups excluding tert-OH is 3. The van der Waals surface area contributed by atoms with Gasteiger partial charge in [0.25, 0.3) is 0 Å². The van der Waals surface area contributed by atoms with E-state index < -0.39 is 47.7 Å². The first-order valence-electron chi connectivity index (χ1n) is 14.6. The summed E-state index contributed by atoms with van der Waals surface area (Å²) < 4.78 is 16.2. The molecule has 6 N–H and O–H groups in total. The smallest absolute Gasteiger partial charge is 0.407 e. The van der Waals surface area contributed by atoms with Gasteiger partial charge in [-0.25, -0.2) is 9.59 Å². The van der Waals surface area contributed by atoms with Gasteiger partial charge in [-0.2, -0.15) is 0 Å². The number of amides is 2. The molecule has 2 aromatic rings. The minimum absolute atomic E-state index is 0.0414. The first-order valence-corrected chi connectivity index (χ1v) is 14.6. The van der Waals surface area contributed by atoms with Crippen molar-refractivity contribution in [3.63, 3.8) is 0 Å². The van der Waals surface area contributed by atoms with Crippen molar-refractivity contribution in [3.05, 3.63) is 65.7 Å². The third-order valence-corrected chi connectivity index (χ3v) is 6.08. The van der Waals surface area contributed by atoms with Crippen LogP contribution in [0.2, 0.25) is 0 Å². The Hall–Kier alpha value is -3.38. The van der Waals surface area contributed by atoms with Crippen LogP contribution in [-0.2, 0) is 22.3 Å². The van der Waals surface area contributed by atoms with Crippen molar-refractivity contribution in [2.45, 2.75) is 89.9 Å². The molecule has 0 aliphatic rings. The van der Waals surface area contributed by atoms with Gasteiger partial charge < -0.3 is 45.5 Å². The largest absolute Gasteiger partial charge is 0.491 e. The van der Waals surface area contributed by atoms with Crippen molar-refractivity contribution in [2.75, 3.05) is 26.3 Å². The predicted octanol–water partition coefficient (Wildman–Crippen LogP) is 2.94. The van der Waals surface area contributed by atoms with Crippen molar-refractivity contribution < 1.29 is 39.1 Å². The maximum absolute atomic E-state index is 12.6. The molecule has 43 heavy (non-hydrogen) atoms. The highest BCUT2D eigenvalue weighted by molar-refractivity contribution is 5.68. The van der Waals surface area contributed by atoms with Crippen LogP contribution in [0.3, 0.4) is 0 Å². The Labute approximate surface area is 254 Å². The molecular weight excluding hydrogens is 554 g/mol. The van der Waals surface area contributed by atoms with E-state index in [1.807, 2.05) is 42.5 Å². The average molecular weight is 604 g/mol. The Morgan fingerprint density at radius 2 is 1.16 bits per heavy atom. The molecule has 0 aliphatic heterocycles. The molecule has 0 aliphatic carbocycles. The quantitative estimate of drug-likeness (QED) is 0.180. The Morgan fingerprint density at radius 1 is 0.721 bits per heavy atom. The number of nitrogens with one attached hydrogen (secondary N) is 3. The Balaban J connectivity index is 2.07. The summed E-state index contributed by atoms with van der Waals surface area (Å²) in [4.78, 5) is 25.1. The highest BCUT2D eigenvalue weighted by atomic mass is 16.6. The number of rotatable bonds is 15. The number of hydrogen-bond donors (Lipinski definition) is 6. The van der Waals surface area contributed by atoms with E-state index in [4.69, 9.17) is 19.3 Å². The molecule has 0 saturated carbocycles. The van der Waals surface area contributed by atoms with Crippen LogP contribution < -0.4 is 20.7 Å². The van der Waals surface area contributed by atoms with Crippen LogP contribution in [0.5, 0.6) is 5.75 Å². The summed E-state index contributed by atoms with van der Waals surface area (Å²) in [6, 6.07) is 15.2.